The molecule has 0 aliphatic carbocycles. The molecule has 2 atom stereocenters. The minimum Gasteiger partial charge on any atom is -0.450 e. The number of benzene rings is 3. The molecule has 46 heavy (non-hydrogen) atoms. The number of carbonyl (C=O) groups is 2. The lowest BCUT2D eigenvalue weighted by Crippen LogP contribution is -2.44. The zero-order chi connectivity index (χ0) is 32.7. The number of aromatic nitrogens is 4. The molecule has 11 heteroatoms. The first kappa shape index (κ1) is 31.1. The van der Waals surface area contributed by atoms with E-state index in [-0.39, 0.29) is 34.8 Å². The van der Waals surface area contributed by atoms with Crippen molar-refractivity contribution in [2.45, 2.75) is 50.2 Å². The van der Waals surface area contributed by atoms with Gasteiger partial charge in [-0.25, -0.2) is 15.0 Å². The van der Waals surface area contributed by atoms with Gasteiger partial charge in [-0.15, -0.1) is 0 Å². The first-order valence-electron chi connectivity index (χ1n) is 15.0. The molecule has 0 bridgehead atoms. The Bertz CT molecular complexity index is 1960. The van der Waals surface area contributed by atoms with Crippen molar-refractivity contribution >= 4 is 38.6 Å². The fourth-order valence-corrected chi connectivity index (χ4v) is 7.70. The van der Waals surface area contributed by atoms with E-state index >= 15 is 0 Å². The Labute approximate surface area is 267 Å². The van der Waals surface area contributed by atoms with Crippen molar-refractivity contribution in [3.63, 3.8) is 0 Å². The van der Waals surface area contributed by atoms with Crippen molar-refractivity contribution in [2.24, 2.45) is 11.3 Å². The maximum absolute atomic E-state index is 14.7. The minimum absolute atomic E-state index is 0.200. The van der Waals surface area contributed by atoms with Crippen LogP contribution in [0.3, 0.4) is 0 Å². The summed E-state index contributed by atoms with van der Waals surface area (Å²) in [6.07, 6.45) is 3.00. The fourth-order valence-electron chi connectivity index (χ4n) is 6.46. The SMILES string of the molecule is CN(c1cccc(C(C2C(=O)OC(Cc3ccccc3)(Cc3ccccc3)C2=O)C(C)(C)C)c1)S(=O)(=O)c1ncnc2nc[nH]c12. The average molecular weight is 638 g/mol. The summed E-state index contributed by atoms with van der Waals surface area (Å²) < 4.78 is 34.9. The molecule has 0 saturated carbocycles. The standard InChI is InChI=1S/C35H35N5O5S/c1-34(2,3)28(25-16-11-17-26(18-25)40(4)46(43,44)32-29-31(37-21-36-29)38-22-39-32)27-30(41)35(45-33(27)42,19-23-12-7-5-8-13-23)20-24-14-9-6-10-15-24/h5-18,21-22,27-28H,19-20H2,1-4H3,(H,36,37,38,39). The van der Waals surface area contributed by atoms with Crippen LogP contribution in [0.1, 0.15) is 43.4 Å². The second-order valence-corrected chi connectivity index (χ2v) is 14.7. The zero-order valence-corrected chi connectivity index (χ0v) is 26.9. The van der Waals surface area contributed by atoms with Crippen molar-refractivity contribution in [2.75, 3.05) is 11.4 Å². The van der Waals surface area contributed by atoms with Crippen LogP contribution < -0.4 is 4.31 Å². The Morgan fingerprint density at radius 3 is 2.13 bits per heavy atom. The van der Waals surface area contributed by atoms with Crippen LogP contribution in [0.5, 0.6) is 0 Å². The number of fused-ring (bicyclic) bond motifs is 1. The quantitative estimate of drug-likeness (QED) is 0.131. The molecule has 3 heterocycles. The fraction of sp³-hybridized carbons (Fsp3) is 0.286. The monoisotopic (exact) mass is 637 g/mol. The first-order valence-corrected chi connectivity index (χ1v) is 16.4. The van der Waals surface area contributed by atoms with E-state index in [0.29, 0.717) is 11.3 Å². The van der Waals surface area contributed by atoms with E-state index in [1.807, 2.05) is 87.5 Å². The Morgan fingerprint density at radius 2 is 1.52 bits per heavy atom. The molecule has 10 nitrogen and oxygen atoms in total. The van der Waals surface area contributed by atoms with E-state index in [1.165, 1.54) is 13.4 Å². The van der Waals surface area contributed by atoms with E-state index in [0.717, 1.165) is 21.8 Å². The topological polar surface area (TPSA) is 135 Å². The second-order valence-electron chi connectivity index (χ2n) is 12.8. The highest BCUT2D eigenvalue weighted by Gasteiger charge is 2.59. The van der Waals surface area contributed by atoms with Crippen LogP contribution in [-0.4, -0.2) is 52.8 Å². The number of sulfonamides is 1. The van der Waals surface area contributed by atoms with Crippen molar-refractivity contribution in [3.8, 4) is 0 Å². The van der Waals surface area contributed by atoms with Gasteiger partial charge in [0.25, 0.3) is 10.0 Å². The molecule has 0 amide bonds. The molecule has 3 aromatic carbocycles. The van der Waals surface area contributed by atoms with Gasteiger partial charge in [0, 0.05) is 25.8 Å². The number of nitrogens with one attached hydrogen (secondary N) is 1. The Hall–Kier alpha value is -4.90. The van der Waals surface area contributed by atoms with Crippen molar-refractivity contribution < 1.29 is 22.7 Å². The molecule has 1 fully saturated rings. The van der Waals surface area contributed by atoms with Gasteiger partial charge in [-0.1, -0.05) is 93.6 Å². The summed E-state index contributed by atoms with van der Waals surface area (Å²) in [6.45, 7) is 5.90. The predicted octanol–water partition coefficient (Wildman–Crippen LogP) is 5.27. The zero-order valence-electron chi connectivity index (χ0n) is 26.0. The first-order chi connectivity index (χ1) is 21.9. The molecule has 236 valence electrons. The molecule has 0 radical (unpaired) electrons. The van der Waals surface area contributed by atoms with E-state index in [2.05, 4.69) is 19.9 Å². The van der Waals surface area contributed by atoms with Crippen LogP contribution in [0.2, 0.25) is 0 Å². The summed E-state index contributed by atoms with van der Waals surface area (Å²) in [5.41, 5.74) is 1.22. The number of cyclic esters (lactones) is 1. The molecular formula is C35H35N5O5S. The van der Waals surface area contributed by atoms with Gasteiger partial charge in [0.2, 0.25) is 5.03 Å². The minimum atomic E-state index is -4.14. The van der Waals surface area contributed by atoms with Gasteiger partial charge in [-0.2, -0.15) is 8.42 Å². The number of aromatic amines is 1. The normalized spacial score (nSPS) is 17.2. The van der Waals surface area contributed by atoms with Gasteiger partial charge in [0.1, 0.15) is 17.8 Å². The molecule has 2 unspecified atom stereocenters. The lowest BCUT2D eigenvalue weighted by molar-refractivity contribution is -0.153. The largest absolute Gasteiger partial charge is 0.450 e. The summed E-state index contributed by atoms with van der Waals surface area (Å²) >= 11 is 0. The number of Topliss-reactive ketones (excluding diaryl/α,β-unsaturated/α-hetero) is 1. The van der Waals surface area contributed by atoms with Crippen molar-refractivity contribution in [1.29, 1.82) is 0 Å². The lowest BCUT2D eigenvalue weighted by atomic mass is 9.66. The molecule has 1 aliphatic heterocycles. The number of ether oxygens (including phenoxy) is 1. The van der Waals surface area contributed by atoms with Gasteiger partial charge >= 0.3 is 5.97 Å². The van der Waals surface area contributed by atoms with Crippen LogP contribution in [0, 0.1) is 11.3 Å². The number of esters is 1. The van der Waals surface area contributed by atoms with E-state index in [9.17, 15) is 18.0 Å². The number of carbonyl (C=O) groups excluding carboxylic acids is 2. The third-order valence-corrected chi connectivity index (χ3v) is 10.3. The number of hydrogen-bond donors (Lipinski definition) is 1. The summed E-state index contributed by atoms with van der Waals surface area (Å²) in [5, 5.41) is -0.212. The highest BCUT2D eigenvalue weighted by molar-refractivity contribution is 7.92. The highest BCUT2D eigenvalue weighted by Crippen LogP contribution is 2.48. The van der Waals surface area contributed by atoms with Crippen molar-refractivity contribution in [3.05, 3.63) is 114 Å². The molecule has 1 N–H and O–H groups in total. The third-order valence-electron chi connectivity index (χ3n) is 8.60. The van der Waals surface area contributed by atoms with Gasteiger partial charge in [-0.05, 0) is 34.2 Å². The van der Waals surface area contributed by atoms with E-state index < -0.39 is 38.8 Å². The summed E-state index contributed by atoms with van der Waals surface area (Å²) in [7, 11) is -2.71. The molecule has 1 aliphatic rings. The van der Waals surface area contributed by atoms with Gasteiger partial charge in [0.05, 0.1) is 12.0 Å². The summed E-state index contributed by atoms with van der Waals surface area (Å²) in [4.78, 5) is 43.5. The Balaban J connectivity index is 1.39. The maximum Gasteiger partial charge on any atom is 0.318 e. The Morgan fingerprint density at radius 1 is 0.891 bits per heavy atom. The number of nitrogens with zero attached hydrogens (tertiary/aromatic N) is 4. The van der Waals surface area contributed by atoms with Gasteiger partial charge in [-0.3, -0.25) is 13.9 Å². The molecular weight excluding hydrogens is 602 g/mol. The molecule has 1 saturated heterocycles. The van der Waals surface area contributed by atoms with E-state index in [4.69, 9.17) is 4.74 Å². The molecule has 2 aromatic heterocycles. The predicted molar refractivity (Wildman–Crippen MR) is 174 cm³/mol. The molecule has 5 aromatic rings. The third kappa shape index (κ3) is 5.66. The Kier molecular flexibility index (Phi) is 7.97. The summed E-state index contributed by atoms with van der Waals surface area (Å²) in [6, 6.07) is 26.1. The lowest BCUT2D eigenvalue weighted by Gasteiger charge is -2.34. The van der Waals surface area contributed by atoms with Crippen LogP contribution in [0.4, 0.5) is 5.69 Å². The number of rotatable bonds is 9. The highest BCUT2D eigenvalue weighted by atomic mass is 32.2. The summed E-state index contributed by atoms with van der Waals surface area (Å²) in [5.74, 6) is -2.57. The van der Waals surface area contributed by atoms with E-state index in [1.54, 1.807) is 18.2 Å². The van der Waals surface area contributed by atoms with Crippen LogP contribution >= 0.6 is 0 Å². The second kappa shape index (κ2) is 11.8. The molecule has 6 rings (SSSR count). The number of imidazole rings is 1. The van der Waals surface area contributed by atoms with Gasteiger partial charge < -0.3 is 9.72 Å². The maximum atomic E-state index is 14.7. The van der Waals surface area contributed by atoms with Crippen LogP contribution in [0.15, 0.2) is 103 Å². The van der Waals surface area contributed by atoms with Crippen LogP contribution in [0.25, 0.3) is 11.2 Å². The average Bonchev–Trinajstić information content (AvgIpc) is 3.60. The number of hydrogen-bond acceptors (Lipinski definition) is 8. The smallest absolute Gasteiger partial charge is 0.318 e. The number of anilines is 1. The molecule has 0 spiro atoms. The van der Waals surface area contributed by atoms with Gasteiger partial charge in [0.15, 0.2) is 17.0 Å². The van der Waals surface area contributed by atoms with Crippen LogP contribution in [-0.2, 0) is 37.2 Å². The number of ketones is 1. The number of H-pyrrole nitrogens is 1. The van der Waals surface area contributed by atoms with Crippen molar-refractivity contribution in [1.82, 2.24) is 19.9 Å².